The summed E-state index contributed by atoms with van der Waals surface area (Å²) in [5, 5.41) is 4.33. The summed E-state index contributed by atoms with van der Waals surface area (Å²) in [6.07, 6.45) is 3.99. The second-order valence-electron chi connectivity index (χ2n) is 5.82. The molecule has 0 unspecified atom stereocenters. The minimum atomic E-state index is -0.339. The first-order valence-electron chi connectivity index (χ1n) is 7.84. The van der Waals surface area contributed by atoms with Gasteiger partial charge in [-0.05, 0) is 38.3 Å². The lowest BCUT2D eigenvalue weighted by atomic mass is 10.2. The number of nitrogens with one attached hydrogen (secondary N) is 2. The number of benzene rings is 1. The van der Waals surface area contributed by atoms with Crippen molar-refractivity contribution in [3.05, 3.63) is 47.3 Å². The van der Waals surface area contributed by atoms with E-state index in [1.165, 1.54) is 11.8 Å². The number of carbonyl (C=O) groups excluding carboxylic acids is 2. The Hall–Kier alpha value is -2.63. The van der Waals surface area contributed by atoms with Crippen LogP contribution in [0.25, 0.3) is 5.69 Å². The van der Waals surface area contributed by atoms with Crippen molar-refractivity contribution in [2.75, 3.05) is 0 Å². The van der Waals surface area contributed by atoms with Crippen molar-refractivity contribution in [3.8, 4) is 5.69 Å². The fourth-order valence-electron chi connectivity index (χ4n) is 2.45. The van der Waals surface area contributed by atoms with Crippen LogP contribution in [0.2, 0.25) is 0 Å². The molecule has 2 amide bonds. The van der Waals surface area contributed by atoms with Crippen molar-refractivity contribution in [2.24, 2.45) is 5.92 Å². The average molecular weight is 312 g/mol. The van der Waals surface area contributed by atoms with E-state index in [1.807, 2.05) is 38.1 Å². The quantitative estimate of drug-likeness (QED) is 0.847. The van der Waals surface area contributed by atoms with E-state index in [2.05, 4.69) is 16.0 Å². The highest BCUT2D eigenvalue weighted by Crippen LogP contribution is 2.28. The van der Waals surface area contributed by atoms with E-state index in [0.29, 0.717) is 12.0 Å². The van der Waals surface area contributed by atoms with Crippen LogP contribution in [0.15, 0.2) is 30.5 Å². The minimum absolute atomic E-state index is 0.0521. The molecule has 0 spiro atoms. The molecule has 1 fully saturated rings. The maximum atomic E-state index is 12.3. The van der Waals surface area contributed by atoms with Gasteiger partial charge in [-0.2, -0.15) is 5.10 Å². The number of aryl methyl sites for hydroxylation is 1. The monoisotopic (exact) mass is 312 g/mol. The molecule has 23 heavy (non-hydrogen) atoms. The van der Waals surface area contributed by atoms with Gasteiger partial charge in [0.2, 0.25) is 5.91 Å². The normalized spacial score (nSPS) is 13.7. The van der Waals surface area contributed by atoms with E-state index >= 15 is 0 Å². The number of hydrogen-bond donors (Lipinski definition) is 2. The first-order chi connectivity index (χ1) is 11.1. The highest BCUT2D eigenvalue weighted by Gasteiger charge is 2.30. The third kappa shape index (κ3) is 3.26. The van der Waals surface area contributed by atoms with E-state index in [-0.39, 0.29) is 17.7 Å². The standard InChI is InChI=1S/C17H20N4O2/c1-3-15-14(17(23)20-19-16(22)12-6-7-12)10-18-21(15)13-8-4-11(2)5-9-13/h4-5,8-10,12H,3,6-7H2,1-2H3,(H,19,22)(H,20,23). The van der Waals surface area contributed by atoms with Gasteiger partial charge in [0.05, 0.1) is 23.1 Å². The fourth-order valence-corrected chi connectivity index (χ4v) is 2.45. The predicted molar refractivity (Wildman–Crippen MR) is 86.0 cm³/mol. The maximum absolute atomic E-state index is 12.3. The van der Waals surface area contributed by atoms with Crippen molar-refractivity contribution < 1.29 is 9.59 Å². The van der Waals surface area contributed by atoms with Crippen molar-refractivity contribution in [1.29, 1.82) is 0 Å². The molecule has 2 N–H and O–H groups in total. The summed E-state index contributed by atoms with van der Waals surface area (Å²) in [7, 11) is 0. The van der Waals surface area contributed by atoms with Crippen LogP contribution < -0.4 is 10.9 Å². The van der Waals surface area contributed by atoms with Gasteiger partial charge in [-0.1, -0.05) is 24.6 Å². The Kier molecular flexibility index (Phi) is 4.14. The Labute approximate surface area is 134 Å². The minimum Gasteiger partial charge on any atom is -0.273 e. The summed E-state index contributed by atoms with van der Waals surface area (Å²) in [6.45, 7) is 4.00. The first-order valence-corrected chi connectivity index (χ1v) is 7.84. The summed E-state index contributed by atoms with van der Waals surface area (Å²) >= 11 is 0. The third-order valence-corrected chi connectivity index (χ3v) is 3.97. The average Bonchev–Trinajstić information content (AvgIpc) is 3.32. The van der Waals surface area contributed by atoms with E-state index in [4.69, 9.17) is 0 Å². The van der Waals surface area contributed by atoms with Gasteiger partial charge in [0.25, 0.3) is 5.91 Å². The third-order valence-electron chi connectivity index (χ3n) is 3.97. The van der Waals surface area contributed by atoms with Crippen LogP contribution in [0.1, 0.15) is 41.4 Å². The lowest BCUT2D eigenvalue weighted by Gasteiger charge is -2.09. The molecule has 1 saturated carbocycles. The van der Waals surface area contributed by atoms with Crippen molar-refractivity contribution in [1.82, 2.24) is 20.6 Å². The van der Waals surface area contributed by atoms with Gasteiger partial charge in [0.15, 0.2) is 0 Å². The second kappa shape index (κ2) is 6.24. The van der Waals surface area contributed by atoms with E-state index in [0.717, 1.165) is 24.2 Å². The molecule has 0 atom stereocenters. The molecular formula is C17H20N4O2. The molecule has 1 aliphatic carbocycles. The number of hydrogen-bond acceptors (Lipinski definition) is 3. The maximum Gasteiger partial charge on any atom is 0.273 e. The van der Waals surface area contributed by atoms with Gasteiger partial charge in [0.1, 0.15) is 0 Å². The number of carbonyl (C=O) groups is 2. The largest absolute Gasteiger partial charge is 0.273 e. The molecule has 0 bridgehead atoms. The zero-order valence-corrected chi connectivity index (χ0v) is 13.3. The molecule has 1 heterocycles. The second-order valence-corrected chi connectivity index (χ2v) is 5.82. The first kappa shape index (κ1) is 15.3. The van der Waals surface area contributed by atoms with Crippen LogP contribution in [0.3, 0.4) is 0 Å². The molecule has 0 saturated heterocycles. The smallest absolute Gasteiger partial charge is 0.273 e. The van der Waals surface area contributed by atoms with Crippen molar-refractivity contribution >= 4 is 11.8 Å². The number of nitrogens with zero attached hydrogens (tertiary/aromatic N) is 2. The fraction of sp³-hybridized carbons (Fsp3) is 0.353. The Morgan fingerprint density at radius 2 is 1.91 bits per heavy atom. The lowest BCUT2D eigenvalue weighted by Crippen LogP contribution is -2.42. The van der Waals surface area contributed by atoms with Gasteiger partial charge < -0.3 is 0 Å². The van der Waals surface area contributed by atoms with Crippen LogP contribution in [-0.4, -0.2) is 21.6 Å². The van der Waals surface area contributed by atoms with E-state index < -0.39 is 0 Å². The predicted octanol–water partition coefficient (Wildman–Crippen LogP) is 1.91. The van der Waals surface area contributed by atoms with Gasteiger partial charge in [-0.3, -0.25) is 20.4 Å². The highest BCUT2D eigenvalue weighted by atomic mass is 16.2. The van der Waals surface area contributed by atoms with E-state index in [1.54, 1.807) is 4.68 Å². The van der Waals surface area contributed by atoms with Crippen LogP contribution >= 0.6 is 0 Å². The van der Waals surface area contributed by atoms with Crippen molar-refractivity contribution in [3.63, 3.8) is 0 Å². The van der Waals surface area contributed by atoms with Gasteiger partial charge in [-0.25, -0.2) is 4.68 Å². The number of amides is 2. The number of rotatable bonds is 4. The van der Waals surface area contributed by atoms with Gasteiger partial charge in [-0.15, -0.1) is 0 Å². The van der Waals surface area contributed by atoms with Gasteiger partial charge >= 0.3 is 0 Å². The zero-order chi connectivity index (χ0) is 16.4. The topological polar surface area (TPSA) is 76.0 Å². The van der Waals surface area contributed by atoms with Gasteiger partial charge in [0, 0.05) is 5.92 Å². The zero-order valence-electron chi connectivity index (χ0n) is 13.3. The number of aromatic nitrogens is 2. The molecule has 1 aromatic carbocycles. The SMILES string of the molecule is CCc1c(C(=O)NNC(=O)C2CC2)cnn1-c1ccc(C)cc1. The van der Waals surface area contributed by atoms with Crippen LogP contribution in [0.5, 0.6) is 0 Å². The molecule has 0 radical (unpaired) electrons. The molecular weight excluding hydrogens is 292 g/mol. The molecule has 1 aromatic heterocycles. The van der Waals surface area contributed by atoms with E-state index in [9.17, 15) is 9.59 Å². The van der Waals surface area contributed by atoms with Crippen LogP contribution in [0, 0.1) is 12.8 Å². The lowest BCUT2D eigenvalue weighted by molar-refractivity contribution is -0.123. The highest BCUT2D eigenvalue weighted by molar-refractivity contribution is 5.96. The molecule has 3 rings (SSSR count). The molecule has 6 nitrogen and oxygen atoms in total. The summed E-state index contributed by atoms with van der Waals surface area (Å²) in [5.41, 5.74) is 8.32. The summed E-state index contributed by atoms with van der Waals surface area (Å²) in [5.74, 6) is -0.409. The molecule has 6 heteroatoms. The Balaban J connectivity index is 1.78. The van der Waals surface area contributed by atoms with Crippen molar-refractivity contribution in [2.45, 2.75) is 33.1 Å². The Bertz CT molecular complexity index is 730. The Morgan fingerprint density at radius 3 is 2.52 bits per heavy atom. The molecule has 2 aromatic rings. The summed E-state index contributed by atoms with van der Waals surface area (Å²) in [6, 6.07) is 7.95. The Morgan fingerprint density at radius 1 is 1.22 bits per heavy atom. The summed E-state index contributed by atoms with van der Waals surface area (Å²) in [4.78, 5) is 23.9. The molecule has 0 aliphatic heterocycles. The number of hydrazine groups is 1. The molecule has 1 aliphatic rings. The summed E-state index contributed by atoms with van der Waals surface area (Å²) < 4.78 is 1.76. The van der Waals surface area contributed by atoms with Crippen LogP contribution in [-0.2, 0) is 11.2 Å². The molecule has 120 valence electrons. The van der Waals surface area contributed by atoms with Crippen LogP contribution in [0.4, 0.5) is 0 Å².